The predicted octanol–water partition coefficient (Wildman–Crippen LogP) is 3.50. The van der Waals surface area contributed by atoms with Gasteiger partial charge in [-0.1, -0.05) is 0 Å². The monoisotopic (exact) mass is 485 g/mol. The Morgan fingerprint density at radius 3 is 2.49 bits per heavy atom. The molecule has 0 spiro atoms. The first-order chi connectivity index (χ1) is 16.7. The van der Waals surface area contributed by atoms with Gasteiger partial charge in [-0.15, -0.1) is 0 Å². The molecule has 2 amide bonds. The van der Waals surface area contributed by atoms with Gasteiger partial charge in [0.05, 0.1) is 42.4 Å². The zero-order valence-electron chi connectivity index (χ0n) is 19.0. The smallest absolute Gasteiger partial charge is 0.341 e. The Balaban J connectivity index is 1.25. The molecule has 0 bridgehead atoms. The molecule has 35 heavy (non-hydrogen) atoms. The van der Waals surface area contributed by atoms with Gasteiger partial charge in [-0.25, -0.2) is 32.6 Å². The summed E-state index contributed by atoms with van der Waals surface area (Å²) in [5, 5.41) is 9.60. The van der Waals surface area contributed by atoms with E-state index in [4.69, 9.17) is 10.5 Å². The van der Waals surface area contributed by atoms with Crippen molar-refractivity contribution in [1.82, 2.24) is 24.7 Å². The first kappa shape index (κ1) is 22.7. The van der Waals surface area contributed by atoms with Crippen molar-refractivity contribution in [2.75, 3.05) is 18.8 Å². The van der Waals surface area contributed by atoms with Crippen LogP contribution in [0, 0.1) is 31.3 Å². The average molecular weight is 485 g/mol. The fraction of sp³-hybridized carbons (Fsp3) is 0.304. The Morgan fingerprint density at radius 2 is 1.83 bits per heavy atom. The molecule has 3 aromatic rings. The fourth-order valence-corrected chi connectivity index (χ4v) is 4.13. The van der Waals surface area contributed by atoms with E-state index in [1.54, 1.807) is 13.8 Å². The molecule has 1 atom stereocenters. The van der Waals surface area contributed by atoms with E-state index in [0.29, 0.717) is 34.9 Å². The van der Waals surface area contributed by atoms with E-state index >= 15 is 0 Å². The molecule has 9 nitrogen and oxygen atoms in total. The van der Waals surface area contributed by atoms with Crippen molar-refractivity contribution in [2.45, 2.75) is 32.4 Å². The van der Waals surface area contributed by atoms with Gasteiger partial charge < -0.3 is 15.4 Å². The van der Waals surface area contributed by atoms with Crippen molar-refractivity contribution in [3.8, 4) is 11.6 Å². The minimum Gasteiger partial charge on any atom is -0.483 e. The lowest BCUT2D eigenvalue weighted by Gasteiger charge is -2.41. The van der Waals surface area contributed by atoms with E-state index in [1.807, 2.05) is 0 Å². The Hall–Kier alpha value is -4.09. The highest BCUT2D eigenvalue weighted by molar-refractivity contribution is 5.79. The van der Waals surface area contributed by atoms with Crippen molar-refractivity contribution in [2.24, 2.45) is 5.10 Å². The molecular weight excluding hydrogens is 463 g/mol. The number of benzene rings is 1. The van der Waals surface area contributed by atoms with Gasteiger partial charge >= 0.3 is 6.03 Å². The van der Waals surface area contributed by atoms with Crippen molar-refractivity contribution < 1.29 is 22.7 Å². The second-order valence-corrected chi connectivity index (χ2v) is 8.49. The minimum absolute atomic E-state index is 0.0227. The van der Waals surface area contributed by atoms with Crippen LogP contribution in [0.15, 0.2) is 35.6 Å². The van der Waals surface area contributed by atoms with Gasteiger partial charge in [-0.3, -0.25) is 0 Å². The summed E-state index contributed by atoms with van der Waals surface area (Å²) in [4.78, 5) is 18.5. The highest BCUT2D eigenvalue weighted by atomic mass is 19.1. The van der Waals surface area contributed by atoms with E-state index < -0.39 is 35.6 Å². The van der Waals surface area contributed by atoms with E-state index in [0.717, 1.165) is 12.3 Å². The zero-order chi connectivity index (χ0) is 24.9. The van der Waals surface area contributed by atoms with Gasteiger partial charge in [-0.2, -0.15) is 10.2 Å². The number of hydrazone groups is 1. The summed E-state index contributed by atoms with van der Waals surface area (Å²) in [7, 11) is 0. The molecule has 2 N–H and O–H groups in total. The topological polar surface area (TPSA) is 102 Å². The van der Waals surface area contributed by atoms with Crippen LogP contribution in [0.2, 0.25) is 0 Å². The van der Waals surface area contributed by atoms with Gasteiger partial charge in [0.1, 0.15) is 17.7 Å². The maximum Gasteiger partial charge on any atom is 0.341 e. The quantitative estimate of drug-likeness (QED) is 0.610. The molecule has 0 radical (unpaired) electrons. The average Bonchev–Trinajstić information content (AvgIpc) is 3.37. The summed E-state index contributed by atoms with van der Waals surface area (Å²) in [5.74, 6) is -1.77. The van der Waals surface area contributed by atoms with Gasteiger partial charge in [0, 0.05) is 24.8 Å². The largest absolute Gasteiger partial charge is 0.483 e. The predicted molar refractivity (Wildman–Crippen MR) is 121 cm³/mol. The molecule has 5 rings (SSSR count). The number of aryl methyl sites for hydroxylation is 1. The van der Waals surface area contributed by atoms with Gasteiger partial charge in [-0.05, 0) is 31.5 Å². The van der Waals surface area contributed by atoms with E-state index in [2.05, 4.69) is 15.2 Å². The third kappa shape index (κ3) is 4.15. The first-order valence-corrected chi connectivity index (χ1v) is 10.9. The summed E-state index contributed by atoms with van der Waals surface area (Å²) in [6.07, 6.45) is 2.45. The number of hydrogen-bond acceptors (Lipinski definition) is 6. The Labute approximate surface area is 198 Å². The highest BCUT2D eigenvalue weighted by Gasteiger charge is 2.39. The molecule has 4 heterocycles. The van der Waals surface area contributed by atoms with E-state index in [9.17, 15) is 18.0 Å². The number of pyridine rings is 1. The number of carbonyl (C=O) groups is 1. The zero-order valence-corrected chi connectivity index (χ0v) is 19.0. The lowest BCUT2D eigenvalue weighted by molar-refractivity contribution is 0.0256. The van der Waals surface area contributed by atoms with Crippen molar-refractivity contribution in [3.05, 3.63) is 64.9 Å². The number of ether oxygens (including phenoxy) is 1. The van der Waals surface area contributed by atoms with Crippen LogP contribution in [0.5, 0.6) is 5.75 Å². The van der Waals surface area contributed by atoms with Crippen LogP contribution >= 0.6 is 0 Å². The van der Waals surface area contributed by atoms with Crippen molar-refractivity contribution in [3.63, 3.8) is 0 Å². The SMILES string of the molecule is Cc1nn(-c2cc(OC3CN(C(=O)N4N=CC[C@H]4c4cc(F)cc(F)c4)C3)c(F)cn2)c(C)c1N. The number of anilines is 1. The Morgan fingerprint density at radius 1 is 1.11 bits per heavy atom. The maximum absolute atomic E-state index is 14.4. The van der Waals surface area contributed by atoms with Crippen LogP contribution in [0.25, 0.3) is 5.82 Å². The second-order valence-electron chi connectivity index (χ2n) is 8.49. The Kier molecular flexibility index (Phi) is 5.58. The van der Waals surface area contributed by atoms with Crippen LogP contribution in [0.1, 0.15) is 29.4 Å². The van der Waals surface area contributed by atoms with Crippen LogP contribution in [0.3, 0.4) is 0 Å². The summed E-state index contributed by atoms with van der Waals surface area (Å²) >= 11 is 0. The summed E-state index contributed by atoms with van der Waals surface area (Å²) in [5.41, 5.74) is 8.12. The molecule has 0 unspecified atom stereocenters. The normalized spacial score (nSPS) is 17.7. The molecule has 182 valence electrons. The number of halogens is 3. The molecule has 2 aliphatic rings. The molecule has 1 fully saturated rings. The molecular formula is C23H22F3N7O2. The maximum atomic E-state index is 14.4. The van der Waals surface area contributed by atoms with Gasteiger partial charge in [0.2, 0.25) is 0 Å². The number of carbonyl (C=O) groups excluding carboxylic acids is 1. The second kappa shape index (κ2) is 8.60. The Bertz CT molecular complexity index is 1320. The number of nitrogens with two attached hydrogens (primary N) is 1. The van der Waals surface area contributed by atoms with Gasteiger partial charge in [0.25, 0.3) is 0 Å². The first-order valence-electron chi connectivity index (χ1n) is 10.9. The molecule has 0 saturated carbocycles. The number of urea groups is 1. The highest BCUT2D eigenvalue weighted by Crippen LogP contribution is 2.32. The number of rotatable bonds is 4. The minimum atomic E-state index is -0.724. The lowest BCUT2D eigenvalue weighted by atomic mass is 10.0. The number of likely N-dealkylation sites (tertiary alicyclic amines) is 1. The number of nitrogens with zero attached hydrogens (tertiary/aromatic N) is 6. The molecule has 2 aliphatic heterocycles. The van der Waals surface area contributed by atoms with E-state index in [-0.39, 0.29) is 18.8 Å². The van der Waals surface area contributed by atoms with Crippen molar-refractivity contribution >= 4 is 17.9 Å². The number of hydrogen-bond donors (Lipinski definition) is 1. The standard InChI is InChI=1S/C23H22F3N7O2/c1-12-22(27)13(2)32(30-12)21-8-20(18(26)9-28-21)35-17-10-31(11-17)23(34)33-19(3-4-29-33)14-5-15(24)7-16(25)6-14/h4-9,17,19H,3,10-11,27H2,1-2H3/t19-/m0/s1. The number of nitrogen functional groups attached to an aromatic ring is 1. The summed E-state index contributed by atoms with van der Waals surface area (Å²) < 4.78 is 49.0. The lowest BCUT2D eigenvalue weighted by Crippen LogP contribution is -2.58. The molecule has 1 aromatic carbocycles. The van der Waals surface area contributed by atoms with Crippen LogP contribution in [-0.2, 0) is 0 Å². The van der Waals surface area contributed by atoms with Crippen molar-refractivity contribution in [1.29, 1.82) is 0 Å². The van der Waals surface area contributed by atoms with Crippen LogP contribution in [-0.4, -0.2) is 56.1 Å². The summed E-state index contributed by atoms with van der Waals surface area (Å²) in [6, 6.07) is 3.54. The van der Waals surface area contributed by atoms with Crippen LogP contribution in [0.4, 0.5) is 23.7 Å². The van der Waals surface area contributed by atoms with Gasteiger partial charge in [0.15, 0.2) is 17.4 Å². The number of aromatic nitrogens is 3. The van der Waals surface area contributed by atoms with Crippen LogP contribution < -0.4 is 10.5 Å². The molecule has 0 aliphatic carbocycles. The number of amides is 2. The molecule has 2 aromatic heterocycles. The van der Waals surface area contributed by atoms with E-state index in [1.165, 1.54) is 39.0 Å². The third-order valence-corrected chi connectivity index (χ3v) is 6.08. The summed E-state index contributed by atoms with van der Waals surface area (Å²) in [6.45, 7) is 3.93. The third-order valence-electron chi connectivity index (χ3n) is 6.08. The fourth-order valence-electron chi connectivity index (χ4n) is 4.13. The molecule has 12 heteroatoms. The molecule has 1 saturated heterocycles.